The third kappa shape index (κ3) is 13.1. The van der Waals surface area contributed by atoms with Crippen LogP contribution in [0.2, 0.25) is 0 Å². The van der Waals surface area contributed by atoms with Crippen molar-refractivity contribution in [3.63, 3.8) is 0 Å². The van der Waals surface area contributed by atoms with Gasteiger partial charge in [0.15, 0.2) is 0 Å². The lowest BCUT2D eigenvalue weighted by molar-refractivity contribution is 1.19. The zero-order valence-electron chi connectivity index (χ0n) is 77.1. The van der Waals surface area contributed by atoms with E-state index in [0.717, 1.165) is 0 Å². The molecule has 27 aromatic carbocycles. The molecule has 141 heavy (non-hydrogen) atoms. The first-order valence-electron chi connectivity index (χ1n) is 48.8. The fourth-order valence-corrected chi connectivity index (χ4v) is 23.7. The van der Waals surface area contributed by atoms with E-state index >= 15 is 0 Å². The van der Waals surface area contributed by atoms with E-state index in [4.69, 9.17) is 0 Å². The van der Waals surface area contributed by atoms with Crippen LogP contribution in [0.1, 0.15) is 0 Å². The quantitative estimate of drug-likeness (QED) is 0.101. The fraction of sp³-hybridized carbons (Fsp3) is 0. The molecule has 30 rings (SSSR count). The molecular formula is C138H87N3. The van der Waals surface area contributed by atoms with Gasteiger partial charge >= 0.3 is 0 Å². The maximum atomic E-state index is 2.43. The van der Waals surface area contributed by atoms with Gasteiger partial charge in [0.2, 0.25) is 0 Å². The summed E-state index contributed by atoms with van der Waals surface area (Å²) in [6, 6.07) is 193. The van der Waals surface area contributed by atoms with E-state index in [1.807, 2.05) is 0 Å². The van der Waals surface area contributed by atoms with Crippen LogP contribution in [0.3, 0.4) is 0 Å². The second-order valence-corrected chi connectivity index (χ2v) is 37.4. The van der Waals surface area contributed by atoms with Crippen molar-refractivity contribution in [2.75, 3.05) is 0 Å². The summed E-state index contributed by atoms with van der Waals surface area (Å²) in [5.41, 5.74) is 25.9. The summed E-state index contributed by atoms with van der Waals surface area (Å²) >= 11 is 0. The van der Waals surface area contributed by atoms with Crippen molar-refractivity contribution in [3.8, 4) is 83.8 Å². The summed E-state index contributed by atoms with van der Waals surface area (Å²) in [4.78, 5) is 0. The highest BCUT2D eigenvalue weighted by Gasteiger charge is 2.26. The van der Waals surface area contributed by atoms with Crippen LogP contribution in [0.5, 0.6) is 0 Å². The van der Waals surface area contributed by atoms with Gasteiger partial charge in [-0.1, -0.05) is 425 Å². The molecule has 0 N–H and O–H groups in total. The van der Waals surface area contributed by atoms with Crippen molar-refractivity contribution in [2.45, 2.75) is 0 Å². The molecule has 0 aliphatic heterocycles. The van der Waals surface area contributed by atoms with Crippen molar-refractivity contribution in [2.24, 2.45) is 0 Å². The van der Waals surface area contributed by atoms with Gasteiger partial charge in [-0.05, 0) is 283 Å². The molecule has 0 aliphatic rings. The Morgan fingerprint density at radius 2 is 0.340 bits per heavy atom. The largest absolute Gasteiger partial charge is 0.309 e. The molecular weight excluding hydrogens is 1700 g/mol. The lowest BCUT2D eigenvalue weighted by Gasteiger charge is -2.19. The van der Waals surface area contributed by atoms with Crippen LogP contribution in [0.4, 0.5) is 0 Å². The number of hydrogen-bond donors (Lipinski definition) is 0. The monoisotopic (exact) mass is 1790 g/mol. The van der Waals surface area contributed by atoms with Gasteiger partial charge in [0, 0.05) is 65.5 Å². The van der Waals surface area contributed by atoms with Crippen LogP contribution in [0.15, 0.2) is 528 Å². The lowest BCUT2D eigenvalue weighted by atomic mass is 9.84. The minimum absolute atomic E-state index is 1.17. The Bertz CT molecular complexity index is 10300. The maximum absolute atomic E-state index is 2.43. The van der Waals surface area contributed by atoms with Gasteiger partial charge in [-0.2, -0.15) is 0 Å². The average molecular weight is 1790 g/mol. The Labute approximate surface area is 814 Å². The predicted octanol–water partition coefficient (Wildman–Crippen LogP) is 38.2. The van der Waals surface area contributed by atoms with Gasteiger partial charge in [0.1, 0.15) is 0 Å². The number of hydrogen-bond acceptors (Lipinski definition) is 0. The highest BCUT2D eigenvalue weighted by atomic mass is 15.0. The van der Waals surface area contributed by atoms with E-state index in [-0.39, 0.29) is 0 Å². The summed E-state index contributed by atoms with van der Waals surface area (Å²) in [5.74, 6) is 0. The van der Waals surface area contributed by atoms with Gasteiger partial charge in [-0.25, -0.2) is 0 Å². The van der Waals surface area contributed by atoms with Crippen molar-refractivity contribution in [1.29, 1.82) is 0 Å². The molecule has 3 heteroatoms. The number of rotatable bonds is 9. The summed E-state index contributed by atoms with van der Waals surface area (Å²) < 4.78 is 7.28. The summed E-state index contributed by atoms with van der Waals surface area (Å²) in [7, 11) is 0. The van der Waals surface area contributed by atoms with Crippen LogP contribution >= 0.6 is 0 Å². The second-order valence-electron chi connectivity index (χ2n) is 37.4. The Hall–Kier alpha value is -18.5. The normalized spacial score (nSPS) is 11.8. The first-order chi connectivity index (χ1) is 70.0. The highest BCUT2D eigenvalue weighted by Crippen LogP contribution is 2.51. The smallest absolute Gasteiger partial charge is 0.0619 e. The van der Waals surface area contributed by atoms with E-state index in [1.54, 1.807) is 0 Å². The molecule has 0 bridgehead atoms. The number of para-hydroxylation sites is 6. The molecule has 0 amide bonds. The first kappa shape index (κ1) is 80.9. The van der Waals surface area contributed by atoms with E-state index < -0.39 is 0 Å². The minimum Gasteiger partial charge on any atom is -0.309 e. The standard InChI is InChI=1S/C52H33N.C46H29N.C40H25N/c1-3-15-35(16-4-1)50-42-23-10-11-24-43(42)51(47-32-38-18-8-7-17-37(38)31-46(47)50)36-29-27-34(28-30-36)45-33-48-41-22-13-14-26-49(41)53(39-19-5-2-6-20-39)52(48)44-25-12-9-21-40(44)45;1-2-15-33(16-3-1)47-45-24-11-10-22-40(45)44-29-42(38-21-8-9-23-41(38)46(44)47)32-14-12-13-30(27-32)31-25-26-39-36-19-5-4-17-34(36)35-18-6-7-20-37(35)43(39)28-31;1-2-12-27(13-3-1)41-39-21-11-10-19-34(39)38-25-36(32-18-8-9-20-35(32)40(38)41)26-22-23-33-30-16-5-4-14-28(30)29-15-6-7-17-31(29)37(33)24-26/h1-33H;1-29H;1-25H. The van der Waals surface area contributed by atoms with Crippen molar-refractivity contribution >= 4 is 195 Å². The van der Waals surface area contributed by atoms with E-state index in [9.17, 15) is 0 Å². The third-order valence-electron chi connectivity index (χ3n) is 29.8. The van der Waals surface area contributed by atoms with Crippen LogP contribution in [0, 0.1) is 0 Å². The van der Waals surface area contributed by atoms with Gasteiger partial charge in [0.05, 0.1) is 33.1 Å². The Morgan fingerprint density at radius 1 is 0.106 bits per heavy atom. The van der Waals surface area contributed by atoms with Gasteiger partial charge in [0.25, 0.3) is 0 Å². The molecule has 654 valence electrons. The molecule has 0 spiro atoms. The molecule has 0 atom stereocenters. The Kier molecular flexibility index (Phi) is 19.0. The van der Waals surface area contributed by atoms with Crippen LogP contribution in [-0.2, 0) is 0 Å². The summed E-state index contributed by atoms with van der Waals surface area (Å²) in [6.45, 7) is 0. The van der Waals surface area contributed by atoms with Crippen molar-refractivity contribution in [1.82, 2.24) is 13.7 Å². The molecule has 0 saturated carbocycles. The molecule has 0 radical (unpaired) electrons. The molecule has 0 aliphatic carbocycles. The molecule has 3 aromatic heterocycles. The van der Waals surface area contributed by atoms with E-state index in [2.05, 4.69) is 541 Å². The maximum Gasteiger partial charge on any atom is 0.0619 e. The van der Waals surface area contributed by atoms with Gasteiger partial charge in [-0.3, -0.25) is 0 Å². The Morgan fingerprint density at radius 3 is 0.716 bits per heavy atom. The summed E-state index contributed by atoms with van der Waals surface area (Å²) in [6.07, 6.45) is 0. The zero-order valence-corrected chi connectivity index (χ0v) is 77.1. The molecule has 3 nitrogen and oxygen atoms in total. The second kappa shape index (κ2) is 33.2. The molecule has 3 heterocycles. The average Bonchev–Trinajstić information content (AvgIpc) is 1.63. The third-order valence-corrected chi connectivity index (χ3v) is 29.8. The lowest BCUT2D eigenvalue weighted by Crippen LogP contribution is -1.94. The van der Waals surface area contributed by atoms with Crippen molar-refractivity contribution < 1.29 is 0 Å². The molecule has 30 aromatic rings. The highest BCUT2D eigenvalue weighted by molar-refractivity contribution is 6.31. The minimum atomic E-state index is 1.17. The number of benzene rings is 27. The number of nitrogens with zero attached hydrogens (tertiary/aromatic N) is 3. The number of aromatic nitrogens is 3. The SMILES string of the molecule is c1ccc(-c2c3ccccc3c(-c3ccc(-c4cc5c6ccccc6n(-c6ccccc6)c5c5ccccc45)cc3)c3cc4ccccc4cc23)cc1.c1ccc(-n2c3ccccc3c3cc(-c4ccc5c6ccccc6c6ccccc6c5c4)c4ccccc4c32)cc1.c1ccc(-n2c3ccccc3c3cc(-c4cccc(-c5ccc6c7ccccc7c7ccccc7c6c5)c4)c4ccccc4c32)cc1. The Balaban J connectivity index is 0.000000104. The topological polar surface area (TPSA) is 14.8 Å². The molecule has 0 saturated heterocycles. The van der Waals surface area contributed by atoms with Gasteiger partial charge < -0.3 is 13.7 Å². The fourth-order valence-electron chi connectivity index (χ4n) is 23.7. The molecule has 0 unspecified atom stereocenters. The summed E-state index contributed by atoms with van der Waals surface area (Å²) in [5, 5.41) is 38.4. The van der Waals surface area contributed by atoms with Crippen LogP contribution < -0.4 is 0 Å². The number of fused-ring (bicyclic) bond motifs is 30. The van der Waals surface area contributed by atoms with E-state index in [0.29, 0.717) is 0 Å². The van der Waals surface area contributed by atoms with Gasteiger partial charge in [-0.15, -0.1) is 0 Å². The molecule has 0 fully saturated rings. The van der Waals surface area contributed by atoms with E-state index in [1.165, 1.54) is 279 Å². The van der Waals surface area contributed by atoms with Crippen LogP contribution in [-0.4, -0.2) is 13.7 Å². The predicted molar refractivity (Wildman–Crippen MR) is 605 cm³/mol. The van der Waals surface area contributed by atoms with Crippen molar-refractivity contribution in [3.05, 3.63) is 528 Å². The zero-order chi connectivity index (χ0) is 92.7. The van der Waals surface area contributed by atoms with Crippen LogP contribution in [0.25, 0.3) is 279 Å². The first-order valence-corrected chi connectivity index (χ1v) is 48.8.